The van der Waals surface area contributed by atoms with Gasteiger partial charge in [-0.3, -0.25) is 10.1 Å². The van der Waals surface area contributed by atoms with Crippen molar-refractivity contribution in [1.29, 1.82) is 0 Å². The minimum Gasteiger partial charge on any atom is -0.444 e. The molecule has 0 aliphatic rings. The number of rotatable bonds is 5. The third-order valence-electron chi connectivity index (χ3n) is 2.26. The summed E-state index contributed by atoms with van der Waals surface area (Å²) >= 11 is 0. The molecule has 0 aromatic heterocycles. The number of hydrogen-bond acceptors (Lipinski definition) is 5. The number of amides is 1. The number of nitrogens with zero attached hydrogens (tertiary/aromatic N) is 1. The Balaban J connectivity index is 2.48. The lowest BCUT2D eigenvalue weighted by Crippen LogP contribution is -2.32. The summed E-state index contributed by atoms with van der Waals surface area (Å²) in [7, 11) is -1.43. The highest BCUT2D eigenvalue weighted by atomic mass is 32.2. The van der Waals surface area contributed by atoms with Crippen LogP contribution in [-0.4, -0.2) is 27.4 Å². The van der Waals surface area contributed by atoms with Gasteiger partial charge in [0.05, 0.1) is 15.7 Å². The molecule has 1 aromatic rings. The summed E-state index contributed by atoms with van der Waals surface area (Å²) in [6.07, 6.45) is 0.972. The van der Waals surface area contributed by atoms with Gasteiger partial charge in [-0.2, -0.15) is 0 Å². The van der Waals surface area contributed by atoms with Crippen molar-refractivity contribution in [2.45, 2.75) is 31.3 Å². The van der Waals surface area contributed by atoms with Crippen LogP contribution in [0.1, 0.15) is 20.8 Å². The Morgan fingerprint density at radius 1 is 1.36 bits per heavy atom. The zero-order valence-electron chi connectivity index (χ0n) is 12.6. The molecule has 0 heterocycles. The fourth-order valence-electron chi connectivity index (χ4n) is 1.37. The molecule has 8 heteroatoms. The number of benzene rings is 1. The molecule has 1 amide bonds. The van der Waals surface area contributed by atoms with Gasteiger partial charge in [-0.25, -0.2) is 9.00 Å². The maximum Gasteiger partial charge on any atom is 0.407 e. The second-order valence-electron chi connectivity index (χ2n) is 5.30. The van der Waals surface area contributed by atoms with Crippen LogP contribution in [0.2, 0.25) is 0 Å². The van der Waals surface area contributed by atoms with Gasteiger partial charge in [0.2, 0.25) is 0 Å². The molecular formula is C14H18N2O5S. The van der Waals surface area contributed by atoms with Gasteiger partial charge in [0.1, 0.15) is 5.60 Å². The van der Waals surface area contributed by atoms with E-state index in [1.54, 1.807) is 20.8 Å². The number of carbonyl (C=O) groups excluding carboxylic acids is 1. The number of ether oxygens (including phenoxy) is 1. The Morgan fingerprint density at radius 2 is 1.95 bits per heavy atom. The number of nitrogens with one attached hydrogen (secondary N) is 1. The van der Waals surface area contributed by atoms with Crippen molar-refractivity contribution in [3.8, 4) is 0 Å². The number of nitro benzene ring substituents is 1. The third kappa shape index (κ3) is 6.49. The number of nitro groups is 1. The quantitative estimate of drug-likeness (QED) is 0.662. The Labute approximate surface area is 131 Å². The fraction of sp³-hybridized carbons (Fsp3) is 0.357. The Bertz CT molecular complexity index is 590. The predicted octanol–water partition coefficient (Wildman–Crippen LogP) is 2.74. The fourth-order valence-corrected chi connectivity index (χ4v) is 2.20. The molecule has 0 bridgehead atoms. The van der Waals surface area contributed by atoms with Crippen molar-refractivity contribution in [3.63, 3.8) is 0 Å². The number of carbonyl (C=O) groups is 1. The van der Waals surface area contributed by atoms with Gasteiger partial charge < -0.3 is 10.1 Å². The Hall–Kier alpha value is -2.22. The zero-order valence-corrected chi connectivity index (χ0v) is 13.4. The normalized spacial score (nSPS) is 12.9. The van der Waals surface area contributed by atoms with Crippen LogP contribution >= 0.6 is 0 Å². The topological polar surface area (TPSA) is 98.5 Å². The van der Waals surface area contributed by atoms with Crippen molar-refractivity contribution in [1.82, 2.24) is 5.32 Å². The molecule has 1 N–H and O–H groups in total. The molecule has 1 atom stereocenters. The van der Waals surface area contributed by atoms with Crippen LogP contribution in [0.5, 0.6) is 0 Å². The van der Waals surface area contributed by atoms with Gasteiger partial charge >= 0.3 is 6.09 Å². The first kappa shape index (κ1) is 17.8. The average molecular weight is 326 g/mol. The van der Waals surface area contributed by atoms with Crippen LogP contribution in [0, 0.1) is 10.1 Å². The molecule has 22 heavy (non-hydrogen) atoms. The number of hydrogen-bond donors (Lipinski definition) is 1. The van der Waals surface area contributed by atoms with Crippen LogP contribution in [0.3, 0.4) is 0 Å². The van der Waals surface area contributed by atoms with E-state index in [1.807, 2.05) is 0 Å². The maximum atomic E-state index is 11.9. The smallest absolute Gasteiger partial charge is 0.407 e. The first-order valence-corrected chi connectivity index (χ1v) is 7.69. The third-order valence-corrected chi connectivity index (χ3v) is 3.44. The van der Waals surface area contributed by atoms with Crippen LogP contribution in [-0.2, 0) is 15.5 Å². The van der Waals surface area contributed by atoms with E-state index in [0.717, 1.165) is 0 Å². The van der Waals surface area contributed by atoms with Crippen molar-refractivity contribution >= 4 is 22.6 Å². The van der Waals surface area contributed by atoms with Crippen molar-refractivity contribution in [2.24, 2.45) is 0 Å². The van der Waals surface area contributed by atoms with Gasteiger partial charge in [-0.05, 0) is 32.9 Å². The lowest BCUT2D eigenvalue weighted by molar-refractivity contribution is -0.384. The second kappa shape index (κ2) is 7.69. The molecule has 1 aromatic carbocycles. The molecule has 1 unspecified atom stereocenters. The zero-order chi connectivity index (χ0) is 16.8. The van der Waals surface area contributed by atoms with E-state index < -0.39 is 27.4 Å². The van der Waals surface area contributed by atoms with E-state index in [1.165, 1.54) is 35.7 Å². The monoisotopic (exact) mass is 326 g/mol. The average Bonchev–Trinajstić information content (AvgIpc) is 2.41. The summed E-state index contributed by atoms with van der Waals surface area (Å²) < 4.78 is 17.0. The lowest BCUT2D eigenvalue weighted by atomic mass is 10.2. The minimum atomic E-state index is -1.43. The first-order valence-electron chi connectivity index (χ1n) is 6.47. The van der Waals surface area contributed by atoms with Crippen LogP contribution in [0.25, 0.3) is 0 Å². The van der Waals surface area contributed by atoms with E-state index in [4.69, 9.17) is 4.74 Å². The molecular weight excluding hydrogens is 308 g/mol. The molecule has 1 rings (SSSR count). The van der Waals surface area contributed by atoms with Crippen LogP contribution < -0.4 is 5.32 Å². The second-order valence-corrected chi connectivity index (χ2v) is 6.64. The van der Waals surface area contributed by atoms with Crippen LogP contribution in [0.15, 0.2) is 40.6 Å². The van der Waals surface area contributed by atoms with Crippen molar-refractivity contribution in [2.75, 3.05) is 6.54 Å². The molecule has 0 aliphatic heterocycles. The van der Waals surface area contributed by atoms with E-state index in [0.29, 0.717) is 4.90 Å². The molecule has 0 spiro atoms. The molecule has 0 saturated carbocycles. The van der Waals surface area contributed by atoms with Crippen LogP contribution in [0.4, 0.5) is 10.5 Å². The van der Waals surface area contributed by atoms with Gasteiger partial charge in [0, 0.05) is 29.0 Å². The van der Waals surface area contributed by atoms with E-state index in [2.05, 4.69) is 5.32 Å². The van der Waals surface area contributed by atoms with E-state index >= 15 is 0 Å². The number of alkyl carbamates (subject to hydrolysis) is 1. The predicted molar refractivity (Wildman–Crippen MR) is 82.9 cm³/mol. The van der Waals surface area contributed by atoms with E-state index in [-0.39, 0.29) is 12.2 Å². The summed E-state index contributed by atoms with van der Waals surface area (Å²) in [4.78, 5) is 21.8. The minimum absolute atomic E-state index is 0.0590. The number of non-ortho nitro benzene ring substituents is 1. The summed E-state index contributed by atoms with van der Waals surface area (Å²) in [6.45, 7) is 5.44. The summed E-state index contributed by atoms with van der Waals surface area (Å²) in [6, 6.07) is 5.44. The summed E-state index contributed by atoms with van der Waals surface area (Å²) in [5.41, 5.74) is -0.633. The highest BCUT2D eigenvalue weighted by molar-refractivity contribution is 7.88. The largest absolute Gasteiger partial charge is 0.444 e. The molecule has 0 saturated heterocycles. The highest BCUT2D eigenvalue weighted by Gasteiger charge is 2.15. The standard InChI is InChI=1S/C14H18N2O5S/c1-14(2,3)21-13(17)15-9-4-10-22(20)12-7-5-11(6-8-12)16(18)19/h4-8,10H,9H2,1-3H3,(H,15,17). The van der Waals surface area contributed by atoms with E-state index in [9.17, 15) is 19.1 Å². The summed E-state index contributed by atoms with van der Waals surface area (Å²) in [5, 5.41) is 14.4. The Kier molecular flexibility index (Phi) is 6.24. The summed E-state index contributed by atoms with van der Waals surface area (Å²) in [5.74, 6) is 0. The molecule has 0 aliphatic carbocycles. The van der Waals surface area contributed by atoms with Crippen molar-refractivity contribution in [3.05, 3.63) is 45.9 Å². The van der Waals surface area contributed by atoms with Crippen molar-refractivity contribution < 1.29 is 18.7 Å². The molecule has 120 valence electrons. The van der Waals surface area contributed by atoms with Gasteiger partial charge in [-0.1, -0.05) is 6.08 Å². The molecule has 0 fully saturated rings. The highest BCUT2D eigenvalue weighted by Crippen LogP contribution is 2.15. The van der Waals surface area contributed by atoms with Gasteiger partial charge in [0.25, 0.3) is 5.69 Å². The lowest BCUT2D eigenvalue weighted by Gasteiger charge is -2.19. The first-order chi connectivity index (χ1) is 10.2. The molecule has 0 radical (unpaired) electrons. The SMILES string of the molecule is CC(C)(C)OC(=O)NCC=CS(=O)c1ccc([N+](=O)[O-])cc1. The Morgan fingerprint density at radius 3 is 2.45 bits per heavy atom. The van der Waals surface area contributed by atoms with Gasteiger partial charge in [-0.15, -0.1) is 0 Å². The maximum absolute atomic E-state index is 11.9. The molecule has 7 nitrogen and oxygen atoms in total. The van der Waals surface area contributed by atoms with Gasteiger partial charge in [0.15, 0.2) is 0 Å².